The number of sulfonamides is 1. The molecule has 3 N–H and O–H groups in total. The molecule has 21 heavy (non-hydrogen) atoms. The van der Waals surface area contributed by atoms with Gasteiger partial charge in [0.05, 0.1) is 17.7 Å². The summed E-state index contributed by atoms with van der Waals surface area (Å²) in [7, 11) is -2.17. The molecule has 0 aliphatic heterocycles. The molecule has 0 saturated heterocycles. The minimum Gasteiger partial charge on any atom is -0.495 e. The Morgan fingerprint density at radius 1 is 1.29 bits per heavy atom. The number of hydrogen-bond acceptors (Lipinski definition) is 5. The predicted molar refractivity (Wildman–Crippen MR) is 81.0 cm³/mol. The predicted octanol–water partition coefficient (Wildman–Crippen LogP) is 0.541. The molecule has 8 heteroatoms. The zero-order chi connectivity index (χ0) is 15.9. The summed E-state index contributed by atoms with van der Waals surface area (Å²) in [6.45, 7) is 4.89. The third-order valence-corrected chi connectivity index (χ3v) is 4.09. The summed E-state index contributed by atoms with van der Waals surface area (Å²) in [5.74, 6) is 0.0970. The average Bonchev–Trinajstić information content (AvgIpc) is 2.43. The van der Waals surface area contributed by atoms with E-state index in [1.54, 1.807) is 0 Å². The quantitative estimate of drug-likeness (QED) is 0.609. The molecule has 0 atom stereocenters. The highest BCUT2D eigenvalue weighted by Crippen LogP contribution is 2.27. The number of ether oxygens (including phenoxy) is 1. The van der Waals surface area contributed by atoms with Gasteiger partial charge in [0, 0.05) is 20.0 Å². The van der Waals surface area contributed by atoms with Gasteiger partial charge in [0.1, 0.15) is 5.75 Å². The highest BCUT2D eigenvalue weighted by molar-refractivity contribution is 7.89. The molecule has 0 radical (unpaired) electrons. The molecule has 0 saturated carbocycles. The molecule has 7 nitrogen and oxygen atoms in total. The molecule has 1 aromatic rings. The van der Waals surface area contributed by atoms with Crippen LogP contribution in [0.2, 0.25) is 0 Å². The van der Waals surface area contributed by atoms with Crippen LogP contribution in [0.1, 0.15) is 13.8 Å². The number of nitrogens with one attached hydrogen (secondary N) is 3. The van der Waals surface area contributed by atoms with E-state index in [0.29, 0.717) is 18.0 Å². The Morgan fingerprint density at radius 3 is 2.57 bits per heavy atom. The van der Waals surface area contributed by atoms with Crippen LogP contribution >= 0.6 is 0 Å². The number of amides is 1. The highest BCUT2D eigenvalue weighted by atomic mass is 32.2. The van der Waals surface area contributed by atoms with E-state index in [9.17, 15) is 13.2 Å². The molecular formula is C13H21N3O4S. The fourth-order valence-electron chi connectivity index (χ4n) is 1.68. The normalized spacial score (nSPS) is 11.2. The van der Waals surface area contributed by atoms with Gasteiger partial charge in [-0.2, -0.15) is 0 Å². The second-order valence-electron chi connectivity index (χ2n) is 4.29. The largest absolute Gasteiger partial charge is 0.495 e. The number of rotatable bonds is 8. The van der Waals surface area contributed by atoms with E-state index in [4.69, 9.17) is 4.74 Å². The Hall–Kier alpha value is -1.64. The van der Waals surface area contributed by atoms with Crippen molar-refractivity contribution in [2.45, 2.75) is 18.7 Å². The Labute approximate surface area is 125 Å². The van der Waals surface area contributed by atoms with E-state index in [1.165, 1.54) is 32.2 Å². The zero-order valence-corrected chi connectivity index (χ0v) is 13.2. The van der Waals surface area contributed by atoms with Crippen LogP contribution in [0.3, 0.4) is 0 Å². The van der Waals surface area contributed by atoms with Crippen LogP contribution in [-0.4, -0.2) is 41.1 Å². The molecule has 0 aliphatic rings. The van der Waals surface area contributed by atoms with Gasteiger partial charge in [0.25, 0.3) is 0 Å². The summed E-state index contributed by atoms with van der Waals surface area (Å²) in [6, 6.07) is 4.31. The lowest BCUT2D eigenvalue weighted by Crippen LogP contribution is -2.31. The number of carbonyl (C=O) groups excluding carboxylic acids is 1. The molecule has 1 rings (SSSR count). The number of carbonyl (C=O) groups is 1. The molecule has 0 fully saturated rings. The van der Waals surface area contributed by atoms with Crippen molar-refractivity contribution in [2.24, 2.45) is 0 Å². The lowest BCUT2D eigenvalue weighted by molar-refractivity contribution is -0.114. The van der Waals surface area contributed by atoms with E-state index < -0.39 is 10.0 Å². The second kappa shape index (κ2) is 7.96. The molecule has 118 valence electrons. The summed E-state index contributed by atoms with van der Waals surface area (Å²) in [6.07, 6.45) is 0. The smallest absolute Gasteiger partial charge is 0.240 e. The van der Waals surface area contributed by atoms with Gasteiger partial charge >= 0.3 is 0 Å². The van der Waals surface area contributed by atoms with Crippen molar-refractivity contribution >= 4 is 21.6 Å². The van der Waals surface area contributed by atoms with Crippen molar-refractivity contribution in [3.05, 3.63) is 18.2 Å². The molecule has 0 aliphatic carbocycles. The maximum atomic E-state index is 12.1. The maximum absolute atomic E-state index is 12.1. The van der Waals surface area contributed by atoms with Crippen LogP contribution in [0.4, 0.5) is 5.69 Å². The monoisotopic (exact) mass is 315 g/mol. The zero-order valence-electron chi connectivity index (χ0n) is 12.4. The minimum absolute atomic E-state index is 0.0727. The topological polar surface area (TPSA) is 96.5 Å². The summed E-state index contributed by atoms with van der Waals surface area (Å²) in [4.78, 5) is 11.2. The molecule has 0 aromatic heterocycles. The lowest BCUT2D eigenvalue weighted by Gasteiger charge is -2.12. The van der Waals surface area contributed by atoms with Crippen LogP contribution in [0, 0.1) is 0 Å². The van der Waals surface area contributed by atoms with Crippen molar-refractivity contribution in [3.63, 3.8) is 0 Å². The third-order valence-electron chi connectivity index (χ3n) is 2.64. The Kier molecular flexibility index (Phi) is 6.60. The van der Waals surface area contributed by atoms with Crippen LogP contribution < -0.4 is 20.1 Å². The van der Waals surface area contributed by atoms with Gasteiger partial charge < -0.3 is 15.4 Å². The number of anilines is 1. The van der Waals surface area contributed by atoms with E-state index in [0.717, 1.165) is 6.54 Å². The van der Waals surface area contributed by atoms with Gasteiger partial charge in [-0.05, 0) is 24.7 Å². The highest BCUT2D eigenvalue weighted by Gasteiger charge is 2.16. The van der Waals surface area contributed by atoms with E-state index in [1.807, 2.05) is 6.92 Å². The first-order chi connectivity index (χ1) is 9.90. The van der Waals surface area contributed by atoms with Crippen molar-refractivity contribution in [2.75, 3.05) is 32.1 Å². The summed E-state index contributed by atoms with van der Waals surface area (Å²) in [5, 5.41) is 5.57. The van der Waals surface area contributed by atoms with E-state index >= 15 is 0 Å². The Morgan fingerprint density at radius 2 is 2.00 bits per heavy atom. The van der Waals surface area contributed by atoms with Crippen LogP contribution in [0.15, 0.2) is 23.1 Å². The summed E-state index contributed by atoms with van der Waals surface area (Å²) < 4.78 is 31.9. The SMILES string of the molecule is CCNCCNS(=O)(=O)c1ccc(OC)c(NC(C)=O)c1. The van der Waals surface area contributed by atoms with Gasteiger partial charge in [0.2, 0.25) is 15.9 Å². The molecule has 0 spiro atoms. The minimum atomic E-state index is -3.62. The van der Waals surface area contributed by atoms with Crippen molar-refractivity contribution in [3.8, 4) is 5.75 Å². The van der Waals surface area contributed by atoms with Gasteiger partial charge in [-0.3, -0.25) is 4.79 Å². The van der Waals surface area contributed by atoms with Gasteiger partial charge in [0.15, 0.2) is 0 Å². The Bertz CT molecular complexity index is 587. The first kappa shape index (κ1) is 17.4. The third kappa shape index (κ3) is 5.33. The number of hydrogen-bond donors (Lipinski definition) is 3. The van der Waals surface area contributed by atoms with Crippen molar-refractivity contribution in [1.29, 1.82) is 0 Å². The maximum Gasteiger partial charge on any atom is 0.240 e. The van der Waals surface area contributed by atoms with Gasteiger partial charge in [-0.15, -0.1) is 0 Å². The molecule has 0 heterocycles. The number of methoxy groups -OCH3 is 1. The van der Waals surface area contributed by atoms with E-state index in [2.05, 4.69) is 15.4 Å². The number of likely N-dealkylation sites (N-methyl/N-ethyl adjacent to an activating group) is 1. The summed E-state index contributed by atoms with van der Waals surface area (Å²) >= 11 is 0. The lowest BCUT2D eigenvalue weighted by atomic mass is 10.3. The number of benzene rings is 1. The first-order valence-corrected chi connectivity index (χ1v) is 8.05. The van der Waals surface area contributed by atoms with Crippen LogP contribution in [0.25, 0.3) is 0 Å². The van der Waals surface area contributed by atoms with Gasteiger partial charge in [-0.25, -0.2) is 13.1 Å². The van der Waals surface area contributed by atoms with Crippen LogP contribution in [0.5, 0.6) is 5.75 Å². The van der Waals surface area contributed by atoms with E-state index in [-0.39, 0.29) is 17.3 Å². The van der Waals surface area contributed by atoms with Gasteiger partial charge in [-0.1, -0.05) is 6.92 Å². The molecule has 1 aromatic carbocycles. The molecule has 0 unspecified atom stereocenters. The fraction of sp³-hybridized carbons (Fsp3) is 0.462. The first-order valence-electron chi connectivity index (χ1n) is 6.56. The second-order valence-corrected chi connectivity index (χ2v) is 6.06. The average molecular weight is 315 g/mol. The molecule has 1 amide bonds. The van der Waals surface area contributed by atoms with Crippen molar-refractivity contribution < 1.29 is 17.9 Å². The molecule has 0 bridgehead atoms. The molecular weight excluding hydrogens is 294 g/mol. The van der Waals surface area contributed by atoms with Crippen molar-refractivity contribution in [1.82, 2.24) is 10.0 Å². The standard InChI is InChI=1S/C13H21N3O4S/c1-4-14-7-8-15-21(18,19)11-5-6-13(20-3)12(9-11)16-10(2)17/h5-6,9,14-15H,4,7-8H2,1-3H3,(H,16,17). The Balaban J connectivity index is 2.93. The fourth-order valence-corrected chi connectivity index (χ4v) is 2.73. The summed E-state index contributed by atoms with van der Waals surface area (Å²) in [5.41, 5.74) is 0.319. The van der Waals surface area contributed by atoms with Crippen LogP contribution in [-0.2, 0) is 14.8 Å².